The van der Waals surface area contributed by atoms with Gasteiger partial charge in [-0.2, -0.15) is 10.4 Å². The van der Waals surface area contributed by atoms with E-state index in [9.17, 15) is 24.5 Å². The van der Waals surface area contributed by atoms with Gasteiger partial charge in [0.1, 0.15) is 6.07 Å². The standard InChI is InChI=1S/C26H25BrN6O9/c1-4-40-25(35)22-14(2)30-26(36)31-23(22)16-5-6-19(20(11-16)39-3)42-13-21(34)32-29-12-15-9-17(27)24(41-8-7-28)18(10-15)33(37)38/h5-6,9-12,23H,4,8,13H2,1-3H3,(H,32,34)(H2,30,31,36)/b29-12+/t23-/m0/s1. The van der Waals surface area contributed by atoms with Crippen LogP contribution in [-0.2, 0) is 14.3 Å². The molecule has 0 saturated carbocycles. The van der Waals surface area contributed by atoms with Crippen molar-refractivity contribution < 1.29 is 38.3 Å². The van der Waals surface area contributed by atoms with Crippen LogP contribution in [0.25, 0.3) is 0 Å². The Morgan fingerprint density at radius 1 is 1.26 bits per heavy atom. The van der Waals surface area contributed by atoms with Crippen molar-refractivity contribution in [3.8, 4) is 23.3 Å². The number of rotatable bonds is 12. The number of hydrazone groups is 1. The molecule has 16 heteroatoms. The van der Waals surface area contributed by atoms with Crippen LogP contribution in [0.2, 0.25) is 0 Å². The van der Waals surface area contributed by atoms with Gasteiger partial charge in [0.2, 0.25) is 5.75 Å². The summed E-state index contributed by atoms with van der Waals surface area (Å²) in [6, 6.07) is 7.74. The highest BCUT2D eigenvalue weighted by molar-refractivity contribution is 9.10. The number of carbonyl (C=O) groups excluding carboxylic acids is 3. The fourth-order valence-electron chi connectivity index (χ4n) is 3.82. The average Bonchev–Trinajstić information content (AvgIpc) is 2.94. The molecule has 0 saturated heterocycles. The van der Waals surface area contributed by atoms with Crippen molar-refractivity contribution in [2.24, 2.45) is 5.10 Å². The van der Waals surface area contributed by atoms with E-state index in [0.29, 0.717) is 11.3 Å². The number of methoxy groups -OCH3 is 1. The van der Waals surface area contributed by atoms with E-state index in [2.05, 4.69) is 37.1 Å². The van der Waals surface area contributed by atoms with Crippen LogP contribution >= 0.6 is 15.9 Å². The van der Waals surface area contributed by atoms with Gasteiger partial charge in [-0.15, -0.1) is 0 Å². The van der Waals surface area contributed by atoms with Crippen molar-refractivity contribution in [3.63, 3.8) is 0 Å². The molecule has 2 aromatic carbocycles. The van der Waals surface area contributed by atoms with Gasteiger partial charge in [0.15, 0.2) is 24.7 Å². The zero-order chi connectivity index (χ0) is 30.8. The molecule has 3 N–H and O–H groups in total. The van der Waals surface area contributed by atoms with Crippen LogP contribution in [0.4, 0.5) is 10.5 Å². The number of amides is 3. The molecule has 15 nitrogen and oxygen atoms in total. The zero-order valence-electron chi connectivity index (χ0n) is 22.6. The van der Waals surface area contributed by atoms with Crippen molar-refractivity contribution in [1.82, 2.24) is 16.1 Å². The van der Waals surface area contributed by atoms with Gasteiger partial charge in [0.05, 0.1) is 40.9 Å². The molecule has 0 bridgehead atoms. The number of allylic oxidation sites excluding steroid dienone is 1. The summed E-state index contributed by atoms with van der Waals surface area (Å²) in [5.41, 5.74) is 3.22. The number of ether oxygens (including phenoxy) is 4. The molecule has 3 amide bonds. The van der Waals surface area contributed by atoms with Crippen molar-refractivity contribution in [1.29, 1.82) is 5.26 Å². The molecule has 3 rings (SSSR count). The van der Waals surface area contributed by atoms with E-state index in [4.69, 9.17) is 24.2 Å². The van der Waals surface area contributed by atoms with E-state index >= 15 is 0 Å². The van der Waals surface area contributed by atoms with Crippen molar-refractivity contribution in [2.45, 2.75) is 19.9 Å². The summed E-state index contributed by atoms with van der Waals surface area (Å²) in [7, 11) is 1.39. The number of urea groups is 1. The number of nitrogens with zero attached hydrogens (tertiary/aromatic N) is 3. The maximum atomic E-state index is 12.6. The molecule has 0 fully saturated rings. The van der Waals surface area contributed by atoms with Crippen LogP contribution in [0.1, 0.15) is 31.0 Å². The van der Waals surface area contributed by atoms with Crippen molar-refractivity contribution >= 4 is 45.7 Å². The summed E-state index contributed by atoms with van der Waals surface area (Å²) in [5.74, 6) is -0.912. The van der Waals surface area contributed by atoms with Crippen LogP contribution < -0.4 is 30.3 Å². The first-order chi connectivity index (χ1) is 20.1. The normalized spacial score (nSPS) is 14.4. The van der Waals surface area contributed by atoms with E-state index < -0.39 is 41.2 Å². The maximum Gasteiger partial charge on any atom is 0.338 e. The lowest BCUT2D eigenvalue weighted by Gasteiger charge is -2.28. The van der Waals surface area contributed by atoms with Gasteiger partial charge in [-0.25, -0.2) is 15.0 Å². The number of halogens is 1. The van der Waals surface area contributed by atoms with Gasteiger partial charge in [0.25, 0.3) is 5.91 Å². The number of nitrogens with one attached hydrogen (secondary N) is 3. The molecule has 0 radical (unpaired) electrons. The quantitative estimate of drug-likeness (QED) is 0.133. The molecule has 1 heterocycles. The largest absolute Gasteiger partial charge is 0.493 e. The van der Waals surface area contributed by atoms with E-state index in [1.165, 1.54) is 31.5 Å². The highest BCUT2D eigenvalue weighted by atomic mass is 79.9. The minimum Gasteiger partial charge on any atom is -0.493 e. The number of hydrogen-bond acceptors (Lipinski definition) is 11. The van der Waals surface area contributed by atoms with Crippen LogP contribution in [-0.4, -0.2) is 56.0 Å². The van der Waals surface area contributed by atoms with Gasteiger partial charge >= 0.3 is 17.7 Å². The second-order valence-electron chi connectivity index (χ2n) is 8.34. The summed E-state index contributed by atoms with van der Waals surface area (Å²) >= 11 is 3.17. The molecule has 1 aliphatic heterocycles. The van der Waals surface area contributed by atoms with E-state index in [1.54, 1.807) is 32.0 Å². The lowest BCUT2D eigenvalue weighted by atomic mass is 9.95. The Balaban J connectivity index is 1.69. The first-order valence-corrected chi connectivity index (χ1v) is 12.9. The predicted octanol–water partition coefficient (Wildman–Crippen LogP) is 2.99. The number of carbonyl (C=O) groups is 3. The van der Waals surface area contributed by atoms with Crippen LogP contribution in [0, 0.1) is 21.4 Å². The van der Waals surface area contributed by atoms with Crippen LogP contribution in [0.5, 0.6) is 17.2 Å². The predicted molar refractivity (Wildman–Crippen MR) is 150 cm³/mol. The molecule has 0 aliphatic carbocycles. The first kappa shape index (κ1) is 31.4. The summed E-state index contributed by atoms with van der Waals surface area (Å²) in [6.07, 6.45) is 1.18. The number of nitro benzene ring substituents is 1. The van der Waals surface area contributed by atoms with E-state index in [0.717, 1.165) is 0 Å². The van der Waals surface area contributed by atoms with Gasteiger partial charge in [-0.1, -0.05) is 6.07 Å². The van der Waals surface area contributed by atoms with Gasteiger partial charge < -0.3 is 29.6 Å². The molecule has 1 atom stereocenters. The summed E-state index contributed by atoms with van der Waals surface area (Å²) < 4.78 is 21.4. The molecular weight excluding hydrogens is 620 g/mol. The van der Waals surface area contributed by atoms with Crippen molar-refractivity contribution in [3.05, 3.63) is 67.3 Å². The highest BCUT2D eigenvalue weighted by Crippen LogP contribution is 2.36. The average molecular weight is 645 g/mol. The third-order valence-corrected chi connectivity index (χ3v) is 6.16. The SMILES string of the molecule is CCOC(=O)C1=C(C)NC(=O)N[C@H]1c1ccc(OCC(=O)N/N=C/c2cc(Br)c(OCC#N)c([N+](=O)[O-])c2)c(OC)c1. The Hall–Kier alpha value is -5.17. The maximum absolute atomic E-state index is 12.6. The first-order valence-electron chi connectivity index (χ1n) is 12.1. The van der Waals surface area contributed by atoms with Gasteiger partial charge in [-0.3, -0.25) is 14.9 Å². The summed E-state index contributed by atoms with van der Waals surface area (Å²) in [6.45, 7) is 2.58. The topological polar surface area (TPSA) is 204 Å². The second-order valence-corrected chi connectivity index (χ2v) is 9.19. The number of nitriles is 1. The molecule has 0 spiro atoms. The molecule has 0 aromatic heterocycles. The monoisotopic (exact) mass is 644 g/mol. The Kier molecular flexibility index (Phi) is 10.8. The number of esters is 1. The third-order valence-electron chi connectivity index (χ3n) is 5.57. The highest BCUT2D eigenvalue weighted by Gasteiger charge is 2.32. The van der Waals surface area contributed by atoms with Crippen molar-refractivity contribution in [2.75, 3.05) is 26.9 Å². The molecule has 220 valence electrons. The Labute approximate surface area is 247 Å². The van der Waals surface area contributed by atoms with E-state index in [-0.39, 0.29) is 46.1 Å². The lowest BCUT2D eigenvalue weighted by Crippen LogP contribution is -2.45. The minimum atomic E-state index is -0.818. The molecule has 2 aromatic rings. The fourth-order valence-corrected chi connectivity index (χ4v) is 4.40. The zero-order valence-corrected chi connectivity index (χ0v) is 24.1. The Bertz CT molecular complexity index is 1500. The minimum absolute atomic E-state index is 0.109. The molecule has 1 aliphatic rings. The van der Waals surface area contributed by atoms with Gasteiger partial charge in [0, 0.05) is 17.3 Å². The van der Waals surface area contributed by atoms with Crippen LogP contribution in [0.15, 0.2) is 51.2 Å². The van der Waals surface area contributed by atoms with Gasteiger partial charge in [-0.05, 0) is 53.5 Å². The van der Waals surface area contributed by atoms with Crippen LogP contribution in [0.3, 0.4) is 0 Å². The number of benzene rings is 2. The summed E-state index contributed by atoms with van der Waals surface area (Å²) in [5, 5.41) is 29.1. The third kappa shape index (κ3) is 7.73. The summed E-state index contributed by atoms with van der Waals surface area (Å²) in [4.78, 5) is 47.7. The molecular formula is C26H25BrN6O9. The number of nitro groups is 1. The lowest BCUT2D eigenvalue weighted by molar-refractivity contribution is -0.385. The Morgan fingerprint density at radius 3 is 2.69 bits per heavy atom. The fraction of sp³-hybridized carbons (Fsp3) is 0.269. The molecule has 0 unspecified atom stereocenters. The molecule has 42 heavy (non-hydrogen) atoms. The smallest absolute Gasteiger partial charge is 0.338 e. The Morgan fingerprint density at radius 2 is 2.02 bits per heavy atom. The van der Waals surface area contributed by atoms with E-state index in [1.807, 2.05) is 0 Å². The number of hydrogen-bond donors (Lipinski definition) is 3. The second kappa shape index (κ2) is 14.5.